The van der Waals surface area contributed by atoms with Crippen LogP contribution < -0.4 is 15.2 Å². The number of thioether (sulfide) groups is 1. The van der Waals surface area contributed by atoms with Crippen LogP contribution in [0.1, 0.15) is 0 Å². The fraction of sp³-hybridized carbons (Fsp3) is 0.167. The molecule has 0 aliphatic rings. The Balaban J connectivity index is 1.64. The van der Waals surface area contributed by atoms with Crippen molar-refractivity contribution in [2.24, 2.45) is 12.2 Å². The molecule has 11 heteroatoms. The summed E-state index contributed by atoms with van der Waals surface area (Å²) in [5, 5.41) is 16.6. The number of hydrogen-bond acceptors (Lipinski definition) is 7. The van der Waals surface area contributed by atoms with E-state index < -0.39 is 10.0 Å². The number of carbonyl (C=O) groups is 1. The largest absolute Gasteiger partial charge is 0.497 e. The molecule has 2 aromatic carbocycles. The third-order valence-corrected chi connectivity index (χ3v) is 5.89. The number of nitrogens with zero attached hydrogens (tertiary/aromatic N) is 3. The number of amides is 1. The molecule has 9 nitrogen and oxygen atoms in total. The summed E-state index contributed by atoms with van der Waals surface area (Å²) >= 11 is 1.22. The van der Waals surface area contributed by atoms with Gasteiger partial charge in [-0.15, -0.1) is 10.2 Å². The van der Waals surface area contributed by atoms with Gasteiger partial charge in [-0.2, -0.15) is 0 Å². The SMILES string of the molecule is COc1ccc(-c2nnc(SCC(=O)Nc3cccc(S(N)(=O)=O)c3)n2C)cc1. The zero-order chi connectivity index (χ0) is 21.0. The summed E-state index contributed by atoms with van der Waals surface area (Å²) in [6, 6.07) is 13.2. The molecular weight excluding hydrogens is 414 g/mol. The predicted octanol–water partition coefficient (Wildman–Crippen LogP) is 1.87. The van der Waals surface area contributed by atoms with Crippen LogP contribution in [-0.4, -0.2) is 42.0 Å². The van der Waals surface area contributed by atoms with Gasteiger partial charge in [-0.05, 0) is 42.5 Å². The monoisotopic (exact) mass is 433 g/mol. The molecule has 1 amide bonds. The Bertz CT molecular complexity index is 1130. The quantitative estimate of drug-likeness (QED) is 0.544. The number of nitrogens with two attached hydrogens (primary N) is 1. The van der Waals surface area contributed by atoms with Crippen molar-refractivity contribution in [2.75, 3.05) is 18.2 Å². The second-order valence-corrected chi connectivity index (χ2v) is 8.51. The smallest absolute Gasteiger partial charge is 0.238 e. The third kappa shape index (κ3) is 5.13. The van der Waals surface area contributed by atoms with Gasteiger partial charge in [-0.3, -0.25) is 4.79 Å². The Labute approximate surface area is 172 Å². The molecular formula is C18H19N5O4S2. The van der Waals surface area contributed by atoms with E-state index in [1.807, 2.05) is 31.3 Å². The van der Waals surface area contributed by atoms with E-state index in [1.54, 1.807) is 17.7 Å². The minimum Gasteiger partial charge on any atom is -0.497 e. The summed E-state index contributed by atoms with van der Waals surface area (Å²) in [5.41, 5.74) is 1.22. The second-order valence-electron chi connectivity index (χ2n) is 6.00. The zero-order valence-corrected chi connectivity index (χ0v) is 17.3. The Morgan fingerprint density at radius 2 is 1.93 bits per heavy atom. The number of sulfonamides is 1. The van der Waals surface area contributed by atoms with E-state index >= 15 is 0 Å². The molecule has 0 fully saturated rings. The Morgan fingerprint density at radius 3 is 2.59 bits per heavy atom. The number of aromatic nitrogens is 3. The third-order valence-electron chi connectivity index (χ3n) is 3.96. The number of carbonyl (C=O) groups excluding carboxylic acids is 1. The van der Waals surface area contributed by atoms with Gasteiger partial charge >= 0.3 is 0 Å². The summed E-state index contributed by atoms with van der Waals surface area (Å²) in [5.74, 6) is 1.18. The van der Waals surface area contributed by atoms with E-state index in [4.69, 9.17) is 9.88 Å². The number of rotatable bonds is 7. The maximum Gasteiger partial charge on any atom is 0.238 e. The molecule has 0 bridgehead atoms. The van der Waals surface area contributed by atoms with Crippen molar-refractivity contribution in [3.05, 3.63) is 48.5 Å². The molecule has 3 aromatic rings. The Morgan fingerprint density at radius 1 is 1.21 bits per heavy atom. The molecule has 0 unspecified atom stereocenters. The zero-order valence-electron chi connectivity index (χ0n) is 15.7. The van der Waals surface area contributed by atoms with E-state index in [-0.39, 0.29) is 16.6 Å². The van der Waals surface area contributed by atoms with Crippen LogP contribution in [0.3, 0.4) is 0 Å². The summed E-state index contributed by atoms with van der Waals surface area (Å²) in [6.45, 7) is 0. The van der Waals surface area contributed by atoms with Crippen molar-refractivity contribution in [1.82, 2.24) is 14.8 Å². The molecule has 0 aliphatic heterocycles. The first-order chi connectivity index (χ1) is 13.8. The number of ether oxygens (including phenoxy) is 1. The number of benzene rings is 2. The van der Waals surface area contributed by atoms with Crippen LogP contribution >= 0.6 is 11.8 Å². The van der Waals surface area contributed by atoms with Crippen molar-refractivity contribution in [3.8, 4) is 17.1 Å². The first-order valence-corrected chi connectivity index (χ1v) is 10.9. The topological polar surface area (TPSA) is 129 Å². The minimum absolute atomic E-state index is 0.0691. The van der Waals surface area contributed by atoms with Gasteiger partial charge in [-0.25, -0.2) is 13.6 Å². The highest BCUT2D eigenvalue weighted by atomic mass is 32.2. The van der Waals surface area contributed by atoms with E-state index in [0.29, 0.717) is 16.7 Å². The van der Waals surface area contributed by atoms with Gasteiger partial charge in [0.2, 0.25) is 15.9 Å². The minimum atomic E-state index is -3.84. The van der Waals surface area contributed by atoms with Crippen molar-refractivity contribution < 1.29 is 17.9 Å². The summed E-state index contributed by atoms with van der Waals surface area (Å²) in [7, 11) is -0.422. The molecule has 29 heavy (non-hydrogen) atoms. The van der Waals surface area contributed by atoms with Crippen LogP contribution in [0.4, 0.5) is 5.69 Å². The van der Waals surface area contributed by atoms with Crippen molar-refractivity contribution in [3.63, 3.8) is 0 Å². The second kappa shape index (κ2) is 8.64. The molecule has 0 radical (unpaired) electrons. The maximum absolute atomic E-state index is 12.2. The van der Waals surface area contributed by atoms with Crippen LogP contribution in [0.2, 0.25) is 0 Å². The van der Waals surface area contributed by atoms with Crippen LogP contribution in [0.5, 0.6) is 5.75 Å². The number of nitrogens with one attached hydrogen (secondary N) is 1. The van der Waals surface area contributed by atoms with Gasteiger partial charge in [0.15, 0.2) is 11.0 Å². The fourth-order valence-corrected chi connectivity index (χ4v) is 3.78. The van der Waals surface area contributed by atoms with Crippen molar-refractivity contribution >= 4 is 33.4 Å². The molecule has 0 saturated carbocycles. The number of hydrogen-bond donors (Lipinski definition) is 2. The molecule has 0 spiro atoms. The molecule has 0 atom stereocenters. The Kier molecular flexibility index (Phi) is 6.20. The summed E-state index contributed by atoms with van der Waals surface area (Å²) in [4.78, 5) is 12.2. The van der Waals surface area contributed by atoms with Gasteiger partial charge in [-0.1, -0.05) is 17.8 Å². The number of primary sulfonamides is 1. The molecule has 3 rings (SSSR count). The molecule has 0 aliphatic carbocycles. The first kappa shape index (κ1) is 20.8. The summed E-state index contributed by atoms with van der Waals surface area (Å²) < 4.78 is 29.8. The number of methoxy groups -OCH3 is 1. The van der Waals surface area contributed by atoms with Gasteiger partial charge in [0.25, 0.3) is 0 Å². The van der Waals surface area contributed by atoms with Crippen molar-refractivity contribution in [2.45, 2.75) is 10.1 Å². The fourth-order valence-electron chi connectivity index (χ4n) is 2.51. The van der Waals surface area contributed by atoms with E-state index in [9.17, 15) is 13.2 Å². The predicted molar refractivity (Wildman–Crippen MR) is 110 cm³/mol. The highest BCUT2D eigenvalue weighted by molar-refractivity contribution is 7.99. The highest BCUT2D eigenvalue weighted by Gasteiger charge is 2.14. The lowest BCUT2D eigenvalue weighted by molar-refractivity contribution is -0.113. The van der Waals surface area contributed by atoms with Crippen LogP contribution in [0, 0.1) is 0 Å². The van der Waals surface area contributed by atoms with E-state index in [0.717, 1.165) is 11.3 Å². The van der Waals surface area contributed by atoms with Gasteiger partial charge in [0, 0.05) is 18.3 Å². The molecule has 1 aromatic heterocycles. The lowest BCUT2D eigenvalue weighted by Gasteiger charge is -2.07. The van der Waals surface area contributed by atoms with E-state index in [2.05, 4.69) is 15.5 Å². The average molecular weight is 434 g/mol. The van der Waals surface area contributed by atoms with Crippen LogP contribution in [0.25, 0.3) is 11.4 Å². The normalized spacial score (nSPS) is 11.3. The standard InChI is InChI=1S/C18H19N5O4S2/c1-23-17(12-6-8-14(27-2)9-7-12)21-22-18(23)28-11-16(24)20-13-4-3-5-15(10-13)29(19,25)26/h3-10H,11H2,1-2H3,(H,20,24)(H2,19,25,26). The molecule has 3 N–H and O–H groups in total. The highest BCUT2D eigenvalue weighted by Crippen LogP contribution is 2.24. The van der Waals surface area contributed by atoms with Gasteiger partial charge in [0.05, 0.1) is 17.8 Å². The van der Waals surface area contributed by atoms with Gasteiger partial charge in [0.1, 0.15) is 5.75 Å². The maximum atomic E-state index is 12.2. The average Bonchev–Trinajstić information content (AvgIpc) is 3.06. The lowest BCUT2D eigenvalue weighted by Crippen LogP contribution is -2.16. The van der Waals surface area contributed by atoms with Gasteiger partial charge < -0.3 is 14.6 Å². The summed E-state index contributed by atoms with van der Waals surface area (Å²) in [6.07, 6.45) is 0. The van der Waals surface area contributed by atoms with E-state index in [1.165, 1.54) is 30.0 Å². The first-order valence-electron chi connectivity index (χ1n) is 8.37. The molecule has 0 saturated heterocycles. The Hall–Kier alpha value is -2.89. The molecule has 1 heterocycles. The number of anilines is 1. The van der Waals surface area contributed by atoms with Crippen LogP contribution in [-0.2, 0) is 21.9 Å². The lowest BCUT2D eigenvalue weighted by atomic mass is 10.2. The molecule has 152 valence electrons. The van der Waals surface area contributed by atoms with Crippen molar-refractivity contribution in [1.29, 1.82) is 0 Å². The van der Waals surface area contributed by atoms with Crippen LogP contribution in [0.15, 0.2) is 58.6 Å².